The number of hydrogen-bond donors (Lipinski definition) is 1. The number of nitrogens with one attached hydrogen (secondary N) is 1. The summed E-state index contributed by atoms with van der Waals surface area (Å²) in [6.45, 7) is 0.407. The Morgan fingerprint density at radius 3 is 2.54 bits per heavy atom. The fourth-order valence-corrected chi connectivity index (χ4v) is 1.58. The van der Waals surface area contributed by atoms with Crippen LogP contribution in [0.25, 0.3) is 0 Å². The van der Waals surface area contributed by atoms with Crippen LogP contribution >= 0.6 is 0 Å². The van der Waals surface area contributed by atoms with E-state index in [1.807, 2.05) is 30.3 Å². The molecule has 1 aromatic rings. The Labute approximate surface area is 75.8 Å². The maximum absolute atomic E-state index is 13.3. The van der Waals surface area contributed by atoms with E-state index >= 15 is 0 Å². The summed E-state index contributed by atoms with van der Waals surface area (Å²) in [4.78, 5) is 10.9. The van der Waals surface area contributed by atoms with Crippen molar-refractivity contribution in [3.63, 3.8) is 0 Å². The van der Waals surface area contributed by atoms with Crippen LogP contribution in [-0.4, -0.2) is 18.6 Å². The molecule has 0 aliphatic carbocycles. The third kappa shape index (κ3) is 1.41. The lowest BCUT2D eigenvalue weighted by Gasteiger charge is -2.09. The highest BCUT2D eigenvalue weighted by atomic mass is 19.1. The normalized spacial score (nSPS) is 27.3. The molecule has 3 heteroatoms. The summed E-state index contributed by atoms with van der Waals surface area (Å²) >= 11 is 0. The molecule has 0 bridgehead atoms. The van der Waals surface area contributed by atoms with Gasteiger partial charge in [-0.3, -0.25) is 4.79 Å². The first-order valence-electron chi connectivity index (χ1n) is 4.26. The molecule has 1 fully saturated rings. The van der Waals surface area contributed by atoms with Crippen LogP contribution in [0.1, 0.15) is 11.5 Å². The zero-order valence-electron chi connectivity index (χ0n) is 7.03. The van der Waals surface area contributed by atoms with Crippen molar-refractivity contribution in [3.8, 4) is 0 Å². The minimum absolute atomic E-state index is 0.311. The van der Waals surface area contributed by atoms with Crippen LogP contribution in [0.5, 0.6) is 0 Å². The Morgan fingerprint density at radius 2 is 2.00 bits per heavy atom. The minimum atomic E-state index is -1.39. The number of benzene rings is 1. The zero-order chi connectivity index (χ0) is 9.26. The highest BCUT2D eigenvalue weighted by Gasteiger charge is 2.35. The summed E-state index contributed by atoms with van der Waals surface area (Å²) in [6, 6.07) is 9.27. The number of halogens is 1. The fourth-order valence-electron chi connectivity index (χ4n) is 1.58. The standard InChI is InChI=1S/C10H10FNO/c11-9-8(6-12-10(9)13)7-4-2-1-3-5-7/h1-5,8-9H,6H2,(H,12,13)/t8-,9-/m1/s1. The molecule has 0 radical (unpaired) electrons. The lowest BCUT2D eigenvalue weighted by atomic mass is 9.97. The van der Waals surface area contributed by atoms with Gasteiger partial charge >= 0.3 is 0 Å². The Morgan fingerprint density at radius 1 is 1.31 bits per heavy atom. The maximum atomic E-state index is 13.3. The second kappa shape index (κ2) is 3.17. The highest BCUT2D eigenvalue weighted by molar-refractivity contribution is 5.84. The summed E-state index contributed by atoms with van der Waals surface area (Å²) in [6.07, 6.45) is -1.39. The SMILES string of the molecule is O=C1NC[C@H](c2ccccc2)[C@H]1F. The fraction of sp³-hybridized carbons (Fsp3) is 0.300. The molecular formula is C10H10FNO. The van der Waals surface area contributed by atoms with Gasteiger partial charge in [-0.15, -0.1) is 0 Å². The molecule has 0 unspecified atom stereocenters. The Bertz CT molecular complexity index is 312. The molecule has 2 nitrogen and oxygen atoms in total. The van der Waals surface area contributed by atoms with Crippen molar-refractivity contribution in [2.24, 2.45) is 0 Å². The monoisotopic (exact) mass is 179 g/mol. The van der Waals surface area contributed by atoms with Crippen molar-refractivity contribution in [3.05, 3.63) is 35.9 Å². The molecule has 0 saturated carbocycles. The average Bonchev–Trinajstić information content (AvgIpc) is 2.49. The largest absolute Gasteiger partial charge is 0.353 e. The van der Waals surface area contributed by atoms with Crippen molar-refractivity contribution in [2.45, 2.75) is 12.1 Å². The molecule has 1 saturated heterocycles. The van der Waals surface area contributed by atoms with Gasteiger partial charge in [0.1, 0.15) is 0 Å². The molecule has 1 amide bonds. The van der Waals surface area contributed by atoms with Gasteiger partial charge in [0.25, 0.3) is 5.91 Å². The van der Waals surface area contributed by atoms with Crippen molar-refractivity contribution in [1.29, 1.82) is 0 Å². The molecule has 1 N–H and O–H groups in total. The summed E-state index contributed by atoms with van der Waals surface area (Å²) in [5.74, 6) is -0.803. The first-order chi connectivity index (χ1) is 6.29. The average molecular weight is 179 g/mol. The number of rotatable bonds is 1. The van der Waals surface area contributed by atoms with Gasteiger partial charge in [0.05, 0.1) is 0 Å². The smallest absolute Gasteiger partial charge is 0.255 e. The van der Waals surface area contributed by atoms with Crippen LogP contribution in [-0.2, 0) is 4.79 Å². The maximum Gasteiger partial charge on any atom is 0.255 e. The predicted octanol–water partition coefficient (Wildman–Crippen LogP) is 1.24. The number of carbonyl (C=O) groups is 1. The third-order valence-electron chi connectivity index (χ3n) is 2.33. The van der Waals surface area contributed by atoms with E-state index in [4.69, 9.17) is 0 Å². The lowest BCUT2D eigenvalue weighted by molar-refractivity contribution is -0.123. The zero-order valence-corrected chi connectivity index (χ0v) is 7.03. The van der Waals surface area contributed by atoms with E-state index in [2.05, 4.69) is 5.32 Å². The van der Waals surface area contributed by atoms with E-state index in [0.717, 1.165) is 5.56 Å². The van der Waals surface area contributed by atoms with E-state index in [9.17, 15) is 9.18 Å². The number of amides is 1. The van der Waals surface area contributed by atoms with Crippen molar-refractivity contribution >= 4 is 5.91 Å². The Hall–Kier alpha value is -1.38. The van der Waals surface area contributed by atoms with Crippen LogP contribution in [0.3, 0.4) is 0 Å². The quantitative estimate of drug-likeness (QED) is 0.690. The third-order valence-corrected chi connectivity index (χ3v) is 2.33. The molecule has 1 aliphatic rings. The van der Waals surface area contributed by atoms with E-state index in [1.165, 1.54) is 0 Å². The van der Waals surface area contributed by atoms with Crippen LogP contribution < -0.4 is 5.32 Å². The van der Waals surface area contributed by atoms with Gasteiger partial charge in [-0.25, -0.2) is 4.39 Å². The molecule has 2 rings (SSSR count). The van der Waals surface area contributed by atoms with Crippen molar-refractivity contribution in [2.75, 3.05) is 6.54 Å². The van der Waals surface area contributed by atoms with Gasteiger partial charge < -0.3 is 5.32 Å². The summed E-state index contributed by atoms with van der Waals surface area (Å²) < 4.78 is 13.3. The molecule has 0 aromatic heterocycles. The Balaban J connectivity index is 2.24. The van der Waals surface area contributed by atoms with Gasteiger partial charge in [-0.05, 0) is 5.56 Å². The van der Waals surface area contributed by atoms with Gasteiger partial charge in [0, 0.05) is 12.5 Å². The van der Waals surface area contributed by atoms with E-state index < -0.39 is 12.1 Å². The number of alkyl halides is 1. The number of hydrogen-bond acceptors (Lipinski definition) is 1. The summed E-state index contributed by atoms with van der Waals surface area (Å²) in [5.41, 5.74) is 0.883. The summed E-state index contributed by atoms with van der Waals surface area (Å²) in [7, 11) is 0. The van der Waals surface area contributed by atoms with Crippen LogP contribution in [0.15, 0.2) is 30.3 Å². The Kier molecular flexibility index (Phi) is 2.00. The van der Waals surface area contributed by atoms with Crippen LogP contribution in [0.2, 0.25) is 0 Å². The first kappa shape index (κ1) is 8.23. The van der Waals surface area contributed by atoms with E-state index in [1.54, 1.807) is 0 Å². The molecule has 1 aliphatic heterocycles. The van der Waals surface area contributed by atoms with Crippen LogP contribution in [0, 0.1) is 0 Å². The molecule has 0 spiro atoms. The predicted molar refractivity (Wildman–Crippen MR) is 47.1 cm³/mol. The van der Waals surface area contributed by atoms with Gasteiger partial charge in [-0.1, -0.05) is 30.3 Å². The van der Waals surface area contributed by atoms with Gasteiger partial charge in [-0.2, -0.15) is 0 Å². The first-order valence-corrected chi connectivity index (χ1v) is 4.26. The van der Waals surface area contributed by atoms with E-state index in [-0.39, 0.29) is 5.92 Å². The molecule has 2 atom stereocenters. The molecule has 13 heavy (non-hydrogen) atoms. The summed E-state index contributed by atoms with van der Waals surface area (Å²) in [5, 5.41) is 2.50. The van der Waals surface area contributed by atoms with Gasteiger partial charge in [0.2, 0.25) is 0 Å². The molecule has 1 heterocycles. The van der Waals surface area contributed by atoms with Gasteiger partial charge in [0.15, 0.2) is 6.17 Å². The van der Waals surface area contributed by atoms with Crippen molar-refractivity contribution in [1.82, 2.24) is 5.32 Å². The molecule has 1 aromatic carbocycles. The minimum Gasteiger partial charge on any atom is -0.353 e. The second-order valence-electron chi connectivity index (χ2n) is 3.16. The number of carbonyl (C=O) groups excluding carboxylic acids is 1. The molecule has 68 valence electrons. The second-order valence-corrected chi connectivity index (χ2v) is 3.16. The molecular weight excluding hydrogens is 169 g/mol. The topological polar surface area (TPSA) is 29.1 Å². The van der Waals surface area contributed by atoms with E-state index in [0.29, 0.717) is 6.54 Å². The van der Waals surface area contributed by atoms with Crippen molar-refractivity contribution < 1.29 is 9.18 Å². The lowest BCUT2D eigenvalue weighted by Crippen LogP contribution is -2.20. The van der Waals surface area contributed by atoms with Crippen LogP contribution in [0.4, 0.5) is 4.39 Å². The highest BCUT2D eigenvalue weighted by Crippen LogP contribution is 2.25.